The molecule has 5 heteroatoms. The molecule has 0 spiro atoms. The Hall–Kier alpha value is -1.89. The van der Waals surface area contributed by atoms with Gasteiger partial charge in [-0.2, -0.15) is 0 Å². The molecule has 0 bridgehead atoms. The number of halogens is 1. The lowest BCUT2D eigenvalue weighted by Gasteiger charge is -2.21. The zero-order valence-electron chi connectivity index (χ0n) is 10.5. The molecule has 0 aromatic heterocycles. The molecular formula is C15H12INO3. The normalized spacial score (nSPS) is 10.1. The van der Waals surface area contributed by atoms with Crippen LogP contribution in [0.2, 0.25) is 0 Å². The molecule has 1 N–H and O–H groups in total. The third-order valence-corrected chi connectivity index (χ3v) is 3.65. The number of benzene rings is 2. The Balaban J connectivity index is 2.40. The molecule has 0 unspecified atom stereocenters. The molecule has 4 nitrogen and oxygen atoms in total. The van der Waals surface area contributed by atoms with Crippen LogP contribution in [-0.2, 0) is 4.79 Å². The van der Waals surface area contributed by atoms with Crippen LogP contribution in [0.25, 0.3) is 0 Å². The summed E-state index contributed by atoms with van der Waals surface area (Å²) in [5, 5.41) is 9.01. The number of hydrogen-bond donors (Lipinski definition) is 1. The monoisotopic (exact) mass is 381 g/mol. The molecule has 0 radical (unpaired) electrons. The summed E-state index contributed by atoms with van der Waals surface area (Å²) in [5.74, 6) is -1.36. The van der Waals surface area contributed by atoms with E-state index < -0.39 is 5.97 Å². The van der Waals surface area contributed by atoms with Crippen LogP contribution in [0.3, 0.4) is 0 Å². The highest BCUT2D eigenvalue weighted by atomic mass is 127. The van der Waals surface area contributed by atoms with Gasteiger partial charge in [0, 0.05) is 9.26 Å². The first-order valence-corrected chi connectivity index (χ1v) is 7.00. The van der Waals surface area contributed by atoms with Crippen LogP contribution in [0.15, 0.2) is 54.6 Å². The number of hydrogen-bond acceptors (Lipinski definition) is 2. The van der Waals surface area contributed by atoms with Gasteiger partial charge in [0.2, 0.25) is 0 Å². The number of carbonyl (C=O) groups excluding carboxylic acids is 1. The number of anilines is 1. The van der Waals surface area contributed by atoms with Crippen molar-refractivity contribution in [1.82, 2.24) is 0 Å². The molecule has 102 valence electrons. The first-order valence-electron chi connectivity index (χ1n) is 5.93. The third-order valence-electron chi connectivity index (χ3n) is 2.71. The summed E-state index contributed by atoms with van der Waals surface area (Å²) in [4.78, 5) is 24.8. The topological polar surface area (TPSA) is 57.6 Å². The predicted molar refractivity (Wildman–Crippen MR) is 84.9 cm³/mol. The van der Waals surface area contributed by atoms with E-state index in [1.54, 1.807) is 36.4 Å². The van der Waals surface area contributed by atoms with Gasteiger partial charge >= 0.3 is 5.97 Å². The van der Waals surface area contributed by atoms with Crippen LogP contribution in [0.4, 0.5) is 5.69 Å². The van der Waals surface area contributed by atoms with Gasteiger partial charge in [-0.05, 0) is 46.9 Å². The first kappa shape index (κ1) is 14.5. The number of aliphatic carboxylic acids is 1. The first-order chi connectivity index (χ1) is 9.59. The van der Waals surface area contributed by atoms with Gasteiger partial charge in [0.25, 0.3) is 5.91 Å². The molecule has 0 saturated heterocycles. The number of carboxylic acid groups (broad SMARTS) is 1. The molecule has 0 aliphatic carbocycles. The standard InChI is InChI=1S/C15H12INO3/c16-13-9-5-4-8-12(13)15(20)17(10-14(18)19)11-6-2-1-3-7-11/h1-9H,10H2,(H,18,19). The summed E-state index contributed by atoms with van der Waals surface area (Å²) in [5.41, 5.74) is 1.07. The lowest BCUT2D eigenvalue weighted by molar-refractivity contribution is -0.135. The molecule has 0 heterocycles. The van der Waals surface area contributed by atoms with E-state index in [1.165, 1.54) is 4.90 Å². The Morgan fingerprint density at radius 2 is 1.60 bits per heavy atom. The Bertz CT molecular complexity index is 628. The molecule has 0 aliphatic heterocycles. The minimum Gasteiger partial charge on any atom is -0.480 e. The van der Waals surface area contributed by atoms with Gasteiger partial charge in [0.1, 0.15) is 6.54 Å². The van der Waals surface area contributed by atoms with Crippen LogP contribution in [-0.4, -0.2) is 23.5 Å². The fourth-order valence-corrected chi connectivity index (χ4v) is 2.42. The zero-order chi connectivity index (χ0) is 14.5. The molecule has 0 atom stereocenters. The highest BCUT2D eigenvalue weighted by Gasteiger charge is 2.21. The van der Waals surface area contributed by atoms with Crippen molar-refractivity contribution in [3.8, 4) is 0 Å². The summed E-state index contributed by atoms with van der Waals surface area (Å²) in [7, 11) is 0. The number of nitrogens with zero attached hydrogens (tertiary/aromatic N) is 1. The van der Waals surface area contributed by atoms with Crippen molar-refractivity contribution in [1.29, 1.82) is 0 Å². The smallest absolute Gasteiger partial charge is 0.323 e. The second-order valence-electron chi connectivity index (χ2n) is 4.10. The van der Waals surface area contributed by atoms with Crippen molar-refractivity contribution in [3.63, 3.8) is 0 Å². The third kappa shape index (κ3) is 3.36. The maximum atomic E-state index is 12.6. The minimum atomic E-state index is -1.05. The molecule has 2 aromatic carbocycles. The van der Waals surface area contributed by atoms with E-state index in [0.717, 1.165) is 3.57 Å². The van der Waals surface area contributed by atoms with Gasteiger partial charge in [-0.1, -0.05) is 30.3 Å². The Kier molecular flexibility index (Phi) is 4.73. The summed E-state index contributed by atoms with van der Waals surface area (Å²) in [6.07, 6.45) is 0. The summed E-state index contributed by atoms with van der Waals surface area (Å²) < 4.78 is 0.793. The Morgan fingerprint density at radius 3 is 2.20 bits per heavy atom. The summed E-state index contributed by atoms with van der Waals surface area (Å²) >= 11 is 2.07. The van der Waals surface area contributed by atoms with E-state index in [2.05, 4.69) is 22.6 Å². The van der Waals surface area contributed by atoms with Gasteiger partial charge < -0.3 is 5.11 Å². The minimum absolute atomic E-state index is 0.316. The predicted octanol–water partition coefficient (Wildman–Crippen LogP) is 3.02. The van der Waals surface area contributed by atoms with Crippen molar-refractivity contribution in [2.24, 2.45) is 0 Å². The van der Waals surface area contributed by atoms with E-state index in [4.69, 9.17) is 5.11 Å². The van der Waals surface area contributed by atoms with Crippen LogP contribution in [0.1, 0.15) is 10.4 Å². The lowest BCUT2D eigenvalue weighted by atomic mass is 10.2. The van der Waals surface area contributed by atoms with Crippen LogP contribution >= 0.6 is 22.6 Å². The highest BCUT2D eigenvalue weighted by Crippen LogP contribution is 2.19. The molecule has 2 rings (SSSR count). The summed E-state index contributed by atoms with van der Waals surface area (Å²) in [6.45, 7) is -0.367. The second kappa shape index (κ2) is 6.51. The Labute approximate surface area is 130 Å². The fourth-order valence-electron chi connectivity index (χ4n) is 1.80. The van der Waals surface area contributed by atoms with Gasteiger partial charge in [-0.15, -0.1) is 0 Å². The van der Waals surface area contributed by atoms with Crippen molar-refractivity contribution in [2.45, 2.75) is 0 Å². The quantitative estimate of drug-likeness (QED) is 0.829. The van der Waals surface area contributed by atoms with Gasteiger partial charge in [-0.3, -0.25) is 14.5 Å². The maximum Gasteiger partial charge on any atom is 0.323 e. The number of amides is 1. The van der Waals surface area contributed by atoms with E-state index >= 15 is 0 Å². The molecule has 0 fully saturated rings. The van der Waals surface area contributed by atoms with Crippen molar-refractivity contribution in [3.05, 3.63) is 63.7 Å². The number of carboxylic acids is 1. The number of para-hydroxylation sites is 1. The molecular weight excluding hydrogens is 369 g/mol. The van der Waals surface area contributed by atoms with E-state index in [0.29, 0.717) is 11.3 Å². The van der Waals surface area contributed by atoms with E-state index in [9.17, 15) is 9.59 Å². The van der Waals surface area contributed by atoms with Gasteiger partial charge in [-0.25, -0.2) is 0 Å². The van der Waals surface area contributed by atoms with E-state index in [1.807, 2.05) is 18.2 Å². The van der Waals surface area contributed by atoms with Crippen LogP contribution in [0.5, 0.6) is 0 Å². The van der Waals surface area contributed by atoms with Crippen molar-refractivity contribution in [2.75, 3.05) is 11.4 Å². The average molecular weight is 381 g/mol. The lowest BCUT2D eigenvalue weighted by Crippen LogP contribution is -2.36. The molecule has 0 saturated carbocycles. The van der Waals surface area contributed by atoms with Crippen LogP contribution in [0, 0.1) is 3.57 Å². The van der Waals surface area contributed by atoms with Gasteiger partial charge in [0.15, 0.2) is 0 Å². The second-order valence-corrected chi connectivity index (χ2v) is 5.26. The largest absolute Gasteiger partial charge is 0.480 e. The highest BCUT2D eigenvalue weighted by molar-refractivity contribution is 14.1. The molecule has 1 amide bonds. The molecule has 2 aromatic rings. The maximum absolute atomic E-state index is 12.6. The Morgan fingerprint density at radius 1 is 1.00 bits per heavy atom. The van der Waals surface area contributed by atoms with Crippen molar-refractivity contribution >= 4 is 40.2 Å². The van der Waals surface area contributed by atoms with Crippen LogP contribution < -0.4 is 4.90 Å². The van der Waals surface area contributed by atoms with E-state index in [-0.39, 0.29) is 12.5 Å². The number of carbonyl (C=O) groups is 2. The van der Waals surface area contributed by atoms with Gasteiger partial charge in [0.05, 0.1) is 5.56 Å². The summed E-state index contributed by atoms with van der Waals surface area (Å²) in [6, 6.07) is 15.9. The van der Waals surface area contributed by atoms with Crippen molar-refractivity contribution < 1.29 is 14.7 Å². The number of rotatable bonds is 4. The fraction of sp³-hybridized carbons (Fsp3) is 0.0667. The average Bonchev–Trinajstić information content (AvgIpc) is 2.45. The zero-order valence-corrected chi connectivity index (χ0v) is 12.6. The molecule has 20 heavy (non-hydrogen) atoms. The molecule has 0 aliphatic rings. The SMILES string of the molecule is O=C(O)CN(C(=O)c1ccccc1I)c1ccccc1.